The van der Waals surface area contributed by atoms with E-state index < -0.39 is 0 Å². The van der Waals surface area contributed by atoms with Crippen LogP contribution in [0.15, 0.2) is 48.5 Å². The highest BCUT2D eigenvalue weighted by atomic mass is 16.3. The number of carbonyl (C=O) groups is 1. The molecule has 2 aromatic rings. The molecule has 2 aromatic carbocycles. The van der Waals surface area contributed by atoms with E-state index in [0.717, 1.165) is 16.1 Å². The van der Waals surface area contributed by atoms with Gasteiger partial charge in [-0.15, -0.1) is 0 Å². The van der Waals surface area contributed by atoms with E-state index in [4.69, 9.17) is 11.3 Å². The average Bonchev–Trinajstić information content (AvgIpc) is 2.46. The molecular formula is C17H19N3O2. The summed E-state index contributed by atoms with van der Waals surface area (Å²) in [6, 6.07) is 14.5. The van der Waals surface area contributed by atoms with E-state index in [1.54, 1.807) is 24.3 Å². The van der Waals surface area contributed by atoms with Crippen molar-refractivity contribution >= 4 is 11.6 Å². The van der Waals surface area contributed by atoms with Crippen molar-refractivity contribution in [2.24, 2.45) is 5.84 Å². The van der Waals surface area contributed by atoms with Gasteiger partial charge in [-0.3, -0.25) is 15.2 Å². The lowest BCUT2D eigenvalue weighted by Gasteiger charge is -2.18. The number of Topliss-reactive ketones (excluding diaryl/α,β-unsaturated/α-hetero) is 1. The van der Waals surface area contributed by atoms with Crippen LogP contribution in [0.1, 0.15) is 23.6 Å². The number of benzene rings is 2. The molecule has 0 aromatic heterocycles. The first kappa shape index (κ1) is 15.7. The van der Waals surface area contributed by atoms with Crippen LogP contribution in [0.5, 0.6) is 5.75 Å². The van der Waals surface area contributed by atoms with Crippen LogP contribution in [0, 0.1) is 5.41 Å². The number of amidine groups is 1. The predicted molar refractivity (Wildman–Crippen MR) is 85.8 cm³/mol. The molecule has 4 N–H and O–H groups in total. The monoisotopic (exact) mass is 297 g/mol. The van der Waals surface area contributed by atoms with Crippen LogP contribution in [0.3, 0.4) is 0 Å². The van der Waals surface area contributed by atoms with Gasteiger partial charge in [0, 0.05) is 5.56 Å². The van der Waals surface area contributed by atoms with Crippen molar-refractivity contribution in [2.75, 3.05) is 6.54 Å². The first-order valence-electron chi connectivity index (χ1n) is 6.93. The minimum atomic E-state index is -0.0943. The Morgan fingerprint density at radius 1 is 1.18 bits per heavy atom. The van der Waals surface area contributed by atoms with Crippen molar-refractivity contribution < 1.29 is 9.90 Å². The molecule has 0 fully saturated rings. The van der Waals surface area contributed by atoms with Crippen LogP contribution in [-0.4, -0.2) is 28.3 Å². The molecule has 114 valence electrons. The zero-order valence-corrected chi connectivity index (χ0v) is 12.4. The van der Waals surface area contributed by atoms with Gasteiger partial charge in [0.1, 0.15) is 11.6 Å². The number of hydrogen-bond acceptors (Lipinski definition) is 4. The van der Waals surface area contributed by atoms with E-state index in [-0.39, 0.29) is 23.9 Å². The fourth-order valence-electron chi connectivity index (χ4n) is 2.22. The Balaban J connectivity index is 2.16. The Labute approximate surface area is 129 Å². The number of hydrazine groups is 1. The van der Waals surface area contributed by atoms with E-state index in [2.05, 4.69) is 0 Å². The lowest BCUT2D eigenvalue weighted by Crippen LogP contribution is -2.40. The number of nitrogens with one attached hydrogen (secondary N) is 1. The van der Waals surface area contributed by atoms with Gasteiger partial charge in [0.05, 0.1) is 6.54 Å². The van der Waals surface area contributed by atoms with Crippen molar-refractivity contribution in [3.05, 3.63) is 65.2 Å². The molecule has 0 saturated heterocycles. The molecule has 0 aliphatic carbocycles. The van der Waals surface area contributed by atoms with Crippen molar-refractivity contribution in [3.8, 4) is 5.75 Å². The smallest absolute Gasteiger partial charge is 0.150 e. The van der Waals surface area contributed by atoms with Gasteiger partial charge in [-0.2, -0.15) is 0 Å². The highest BCUT2D eigenvalue weighted by molar-refractivity contribution is 5.98. The highest BCUT2D eigenvalue weighted by Gasteiger charge is 2.10. The number of nitrogens with zero attached hydrogens (tertiary/aromatic N) is 1. The number of aromatic hydroxyl groups is 1. The largest absolute Gasteiger partial charge is 0.508 e. The molecule has 0 unspecified atom stereocenters. The zero-order chi connectivity index (χ0) is 16.1. The maximum absolute atomic E-state index is 11.1. The Morgan fingerprint density at radius 3 is 2.45 bits per heavy atom. The number of phenolic OH excluding ortho intramolecular Hbond substituents is 1. The second-order valence-corrected chi connectivity index (χ2v) is 5.23. The normalized spacial score (nSPS) is 10.3. The van der Waals surface area contributed by atoms with Gasteiger partial charge in [0.25, 0.3) is 0 Å². The van der Waals surface area contributed by atoms with Crippen molar-refractivity contribution in [3.63, 3.8) is 0 Å². The summed E-state index contributed by atoms with van der Waals surface area (Å²) in [5, 5.41) is 18.7. The maximum atomic E-state index is 11.1. The van der Waals surface area contributed by atoms with E-state index in [9.17, 15) is 9.90 Å². The van der Waals surface area contributed by atoms with Gasteiger partial charge in [-0.1, -0.05) is 30.3 Å². The number of ketones is 1. The number of phenols is 1. The molecule has 5 nitrogen and oxygen atoms in total. The quantitative estimate of drug-likeness (QED) is 0.341. The fraction of sp³-hybridized carbons (Fsp3) is 0.176. The summed E-state index contributed by atoms with van der Waals surface area (Å²) < 4.78 is 0. The molecule has 0 radical (unpaired) electrons. The van der Waals surface area contributed by atoms with E-state index in [1.165, 1.54) is 6.92 Å². The van der Waals surface area contributed by atoms with Crippen LogP contribution in [-0.2, 0) is 11.2 Å². The van der Waals surface area contributed by atoms with Gasteiger partial charge in [0.2, 0.25) is 0 Å². The fourth-order valence-corrected chi connectivity index (χ4v) is 2.22. The van der Waals surface area contributed by atoms with Crippen molar-refractivity contribution in [1.82, 2.24) is 5.01 Å². The summed E-state index contributed by atoms with van der Waals surface area (Å²) in [6.07, 6.45) is 0.646. The minimum absolute atomic E-state index is 0.00954. The molecule has 0 heterocycles. The van der Waals surface area contributed by atoms with Crippen molar-refractivity contribution in [1.29, 1.82) is 5.41 Å². The predicted octanol–water partition coefficient (Wildman–Crippen LogP) is 2.07. The summed E-state index contributed by atoms with van der Waals surface area (Å²) in [5.74, 6) is 5.97. The lowest BCUT2D eigenvalue weighted by atomic mass is 10.0. The van der Waals surface area contributed by atoms with Crippen LogP contribution in [0.4, 0.5) is 0 Å². The van der Waals surface area contributed by atoms with Gasteiger partial charge in [-0.25, -0.2) is 5.84 Å². The number of rotatable bonds is 5. The van der Waals surface area contributed by atoms with Crippen LogP contribution in [0.2, 0.25) is 0 Å². The highest BCUT2D eigenvalue weighted by Crippen LogP contribution is 2.16. The molecule has 0 bridgehead atoms. The summed E-state index contributed by atoms with van der Waals surface area (Å²) in [4.78, 5) is 11.1. The Morgan fingerprint density at radius 2 is 1.82 bits per heavy atom. The Bertz CT molecular complexity index is 698. The van der Waals surface area contributed by atoms with Gasteiger partial charge in [0.15, 0.2) is 5.78 Å². The van der Waals surface area contributed by atoms with Gasteiger partial charge in [-0.05, 0) is 42.7 Å². The Kier molecular flexibility index (Phi) is 4.91. The summed E-state index contributed by atoms with van der Waals surface area (Å²) in [5.41, 5.74) is 2.64. The van der Waals surface area contributed by atoms with Crippen LogP contribution in [0.25, 0.3) is 0 Å². The van der Waals surface area contributed by atoms with E-state index in [0.29, 0.717) is 12.0 Å². The first-order chi connectivity index (χ1) is 10.5. The third-order valence-electron chi connectivity index (χ3n) is 3.20. The molecule has 0 saturated carbocycles. The molecule has 0 spiro atoms. The summed E-state index contributed by atoms with van der Waals surface area (Å²) >= 11 is 0. The van der Waals surface area contributed by atoms with Crippen molar-refractivity contribution in [2.45, 2.75) is 13.3 Å². The van der Waals surface area contributed by atoms with E-state index in [1.807, 2.05) is 24.3 Å². The SMILES string of the molecule is CC(=O)CN(N)C(=N)c1cccc(Cc2cccc(O)c2)c1. The molecular weight excluding hydrogens is 278 g/mol. The molecule has 0 aliphatic rings. The minimum Gasteiger partial charge on any atom is -0.508 e. The van der Waals surface area contributed by atoms with Crippen LogP contribution < -0.4 is 5.84 Å². The molecule has 0 amide bonds. The first-order valence-corrected chi connectivity index (χ1v) is 6.93. The number of hydrogen-bond donors (Lipinski definition) is 3. The summed E-state index contributed by atoms with van der Waals surface area (Å²) in [6.45, 7) is 1.45. The second kappa shape index (κ2) is 6.87. The molecule has 0 aliphatic heterocycles. The topological polar surface area (TPSA) is 90.4 Å². The molecule has 22 heavy (non-hydrogen) atoms. The zero-order valence-electron chi connectivity index (χ0n) is 12.4. The van der Waals surface area contributed by atoms with E-state index >= 15 is 0 Å². The number of carbonyl (C=O) groups excluding carboxylic acids is 1. The third-order valence-corrected chi connectivity index (χ3v) is 3.20. The average molecular weight is 297 g/mol. The lowest BCUT2D eigenvalue weighted by molar-refractivity contribution is -0.117. The summed E-state index contributed by atoms with van der Waals surface area (Å²) in [7, 11) is 0. The third kappa shape index (κ3) is 4.17. The van der Waals surface area contributed by atoms with Gasteiger partial charge < -0.3 is 5.11 Å². The molecule has 0 atom stereocenters. The number of nitrogens with two attached hydrogens (primary N) is 1. The Hall–Kier alpha value is -2.66. The second-order valence-electron chi connectivity index (χ2n) is 5.23. The maximum Gasteiger partial charge on any atom is 0.150 e. The van der Waals surface area contributed by atoms with Crippen LogP contribution >= 0.6 is 0 Å². The van der Waals surface area contributed by atoms with Gasteiger partial charge >= 0.3 is 0 Å². The standard InChI is InChI=1S/C17H19N3O2/c1-12(21)11-20(19)17(18)15-6-2-4-13(9-15)8-14-5-3-7-16(22)10-14/h2-7,9-10,18,22H,8,11,19H2,1H3. The molecule has 5 heteroatoms. The molecule has 2 rings (SSSR count).